The molecule has 7 heteroatoms. The summed E-state index contributed by atoms with van der Waals surface area (Å²) in [4.78, 5) is 12.8. The van der Waals surface area contributed by atoms with Gasteiger partial charge in [-0.3, -0.25) is 0 Å². The average Bonchev–Trinajstić information content (AvgIpc) is 2.82. The van der Waals surface area contributed by atoms with Crippen LogP contribution in [0, 0.1) is 0 Å². The van der Waals surface area contributed by atoms with Gasteiger partial charge in [0.15, 0.2) is 0 Å². The Hall–Kier alpha value is -1.01. The fraction of sp³-hybridized carbons (Fsp3) is 0.462. The molecule has 0 unspecified atom stereocenters. The number of nitrogens with one attached hydrogen (secondary N) is 1. The predicted octanol–water partition coefficient (Wildman–Crippen LogP) is 1.72. The number of halogens is 2. The van der Waals surface area contributed by atoms with Crippen LogP contribution in [0.3, 0.4) is 0 Å². The van der Waals surface area contributed by atoms with Crippen LogP contribution in [0.5, 0.6) is 0 Å². The van der Waals surface area contributed by atoms with Crippen molar-refractivity contribution in [2.75, 3.05) is 37.6 Å². The minimum Gasteiger partial charge on any atom is -0.412 e. The lowest BCUT2D eigenvalue weighted by Gasteiger charge is -2.33. The summed E-state index contributed by atoms with van der Waals surface area (Å²) in [5.41, 5.74) is 2.18. The number of H-pyrrole nitrogens is 1. The van der Waals surface area contributed by atoms with Crippen LogP contribution in [0.25, 0.3) is 11.0 Å². The quantitative estimate of drug-likeness (QED) is 0.916. The third-order valence-electron chi connectivity index (χ3n) is 3.50. The van der Waals surface area contributed by atoms with E-state index >= 15 is 0 Å². The number of anilines is 1. The molecule has 114 valence electrons. The number of nitrogens with zero attached hydrogens (tertiary/aromatic N) is 3. The number of aromatic amines is 1. The Morgan fingerprint density at radius 2 is 1.75 bits per heavy atom. The number of rotatable bonds is 2. The van der Waals surface area contributed by atoms with Crippen LogP contribution in [0.15, 0.2) is 24.3 Å². The molecule has 1 aliphatic rings. The monoisotopic (exact) mass is 320 g/mol. The van der Waals surface area contributed by atoms with Crippen LogP contribution in [0.1, 0.15) is 6.92 Å². The van der Waals surface area contributed by atoms with Crippen molar-refractivity contribution in [2.24, 2.45) is 0 Å². The molecule has 1 saturated heterocycles. The van der Waals surface area contributed by atoms with Crippen molar-refractivity contribution in [3.8, 4) is 0 Å². The fourth-order valence-electron chi connectivity index (χ4n) is 2.37. The maximum Gasteiger partial charge on any atom is 0.203 e. The summed E-state index contributed by atoms with van der Waals surface area (Å²) in [7, 11) is 0. The highest BCUT2D eigenvalue weighted by molar-refractivity contribution is 5.85. The van der Waals surface area contributed by atoms with Crippen molar-refractivity contribution in [2.45, 2.75) is 6.92 Å². The van der Waals surface area contributed by atoms with Gasteiger partial charge in [-0.15, -0.1) is 24.8 Å². The van der Waals surface area contributed by atoms with Crippen LogP contribution in [0.4, 0.5) is 5.95 Å². The van der Waals surface area contributed by atoms with Gasteiger partial charge in [-0.1, -0.05) is 19.1 Å². The molecule has 3 N–H and O–H groups in total. The van der Waals surface area contributed by atoms with Gasteiger partial charge in [-0.25, -0.2) is 4.98 Å². The van der Waals surface area contributed by atoms with E-state index in [2.05, 4.69) is 38.8 Å². The molecule has 0 spiro atoms. The first kappa shape index (κ1) is 19.0. The Morgan fingerprint density at radius 3 is 2.35 bits per heavy atom. The molecule has 20 heavy (non-hydrogen) atoms. The summed E-state index contributed by atoms with van der Waals surface area (Å²) >= 11 is 0. The number of benzene rings is 1. The summed E-state index contributed by atoms with van der Waals surface area (Å²) < 4.78 is 0. The molecule has 2 heterocycles. The summed E-state index contributed by atoms with van der Waals surface area (Å²) in [6, 6.07) is 8.20. The number of piperazine rings is 1. The molecule has 0 saturated carbocycles. The van der Waals surface area contributed by atoms with E-state index in [1.807, 2.05) is 12.1 Å². The Kier molecular flexibility index (Phi) is 7.90. The third kappa shape index (κ3) is 3.76. The lowest BCUT2D eigenvalue weighted by Crippen LogP contribution is -2.46. The first-order valence-electron chi connectivity index (χ1n) is 6.29. The number of para-hydroxylation sites is 2. The first-order valence-corrected chi connectivity index (χ1v) is 6.29. The fourth-order valence-corrected chi connectivity index (χ4v) is 2.37. The molecule has 2 aromatic rings. The van der Waals surface area contributed by atoms with E-state index in [0.29, 0.717) is 0 Å². The van der Waals surface area contributed by atoms with Crippen molar-refractivity contribution >= 4 is 41.8 Å². The van der Waals surface area contributed by atoms with E-state index in [1.165, 1.54) is 0 Å². The second-order valence-corrected chi connectivity index (χ2v) is 4.50. The van der Waals surface area contributed by atoms with Crippen LogP contribution in [0.2, 0.25) is 0 Å². The molecule has 0 aliphatic carbocycles. The smallest absolute Gasteiger partial charge is 0.203 e. The molecule has 1 aromatic carbocycles. The highest BCUT2D eigenvalue weighted by atomic mass is 35.5. The van der Waals surface area contributed by atoms with Gasteiger partial charge in [0.2, 0.25) is 5.95 Å². The van der Waals surface area contributed by atoms with E-state index < -0.39 is 0 Å². The number of hydrogen-bond acceptors (Lipinski definition) is 3. The Morgan fingerprint density at radius 1 is 1.10 bits per heavy atom. The lowest BCUT2D eigenvalue weighted by atomic mass is 10.3. The predicted molar refractivity (Wildman–Crippen MR) is 88.5 cm³/mol. The van der Waals surface area contributed by atoms with Crippen LogP contribution < -0.4 is 4.90 Å². The van der Waals surface area contributed by atoms with E-state index in [0.717, 1.165) is 49.7 Å². The van der Waals surface area contributed by atoms with Gasteiger partial charge < -0.3 is 20.3 Å². The maximum atomic E-state index is 4.64. The number of fused-ring (bicyclic) bond motifs is 1. The molecule has 0 radical (unpaired) electrons. The van der Waals surface area contributed by atoms with E-state index in [1.54, 1.807) is 0 Å². The molecule has 0 bridgehead atoms. The van der Waals surface area contributed by atoms with E-state index in [9.17, 15) is 0 Å². The Balaban J connectivity index is 0.00000120. The maximum absolute atomic E-state index is 4.64. The number of aromatic nitrogens is 2. The van der Waals surface area contributed by atoms with Gasteiger partial charge in [0.05, 0.1) is 11.0 Å². The second-order valence-electron chi connectivity index (χ2n) is 4.50. The summed E-state index contributed by atoms with van der Waals surface area (Å²) in [6.07, 6.45) is 0. The van der Waals surface area contributed by atoms with Crippen molar-refractivity contribution in [3.05, 3.63) is 24.3 Å². The van der Waals surface area contributed by atoms with Crippen molar-refractivity contribution in [1.29, 1.82) is 0 Å². The first-order chi connectivity index (χ1) is 8.36. The van der Waals surface area contributed by atoms with Gasteiger partial charge >= 0.3 is 0 Å². The highest BCUT2D eigenvalue weighted by Gasteiger charge is 2.18. The number of likely N-dealkylation sites (N-methyl/N-ethyl adjacent to an activating group) is 1. The van der Waals surface area contributed by atoms with Crippen molar-refractivity contribution in [3.63, 3.8) is 0 Å². The van der Waals surface area contributed by atoms with Crippen LogP contribution >= 0.6 is 24.8 Å². The zero-order valence-corrected chi connectivity index (χ0v) is 13.1. The molecule has 1 fully saturated rings. The molecule has 0 atom stereocenters. The molecular weight excluding hydrogens is 299 g/mol. The minimum absolute atomic E-state index is 0. The third-order valence-corrected chi connectivity index (χ3v) is 3.50. The van der Waals surface area contributed by atoms with Crippen LogP contribution in [-0.2, 0) is 0 Å². The zero-order valence-electron chi connectivity index (χ0n) is 11.5. The van der Waals surface area contributed by atoms with Gasteiger partial charge in [-0.2, -0.15) is 0 Å². The standard InChI is InChI=1S/C13H18N4.2ClH.H2O/c1-2-16-7-9-17(10-8-16)13-14-11-5-3-4-6-12(11)15-13;;;/h3-6H,2,7-10H2,1H3,(H,14,15);2*1H;1H2. The number of hydrogen-bond donors (Lipinski definition) is 1. The van der Waals surface area contributed by atoms with Gasteiger partial charge in [0.1, 0.15) is 0 Å². The summed E-state index contributed by atoms with van der Waals surface area (Å²) in [6.45, 7) is 7.76. The van der Waals surface area contributed by atoms with Crippen molar-refractivity contribution in [1.82, 2.24) is 14.9 Å². The van der Waals surface area contributed by atoms with Gasteiger partial charge in [0, 0.05) is 26.2 Å². The summed E-state index contributed by atoms with van der Waals surface area (Å²) in [5, 5.41) is 0. The summed E-state index contributed by atoms with van der Waals surface area (Å²) in [5.74, 6) is 1.02. The average molecular weight is 321 g/mol. The molecule has 1 aromatic heterocycles. The largest absolute Gasteiger partial charge is 0.412 e. The molecule has 5 nitrogen and oxygen atoms in total. The Labute approximate surface area is 131 Å². The van der Waals surface area contributed by atoms with Gasteiger partial charge in [0.25, 0.3) is 0 Å². The normalized spacial score (nSPS) is 15.2. The molecule has 3 rings (SSSR count). The molecule has 1 aliphatic heterocycles. The molecular formula is C13H22Cl2N4O. The molecule has 0 amide bonds. The lowest BCUT2D eigenvalue weighted by molar-refractivity contribution is 0.270. The van der Waals surface area contributed by atoms with Gasteiger partial charge in [-0.05, 0) is 18.7 Å². The SMILES string of the molecule is CCN1CCN(c2nc3ccccc3[nH]2)CC1.Cl.Cl.O. The number of imidazole rings is 1. The van der Waals surface area contributed by atoms with E-state index in [-0.39, 0.29) is 30.3 Å². The van der Waals surface area contributed by atoms with E-state index in [4.69, 9.17) is 0 Å². The minimum atomic E-state index is 0. The Bertz CT molecular complexity index is 479. The second kappa shape index (κ2) is 8.32. The van der Waals surface area contributed by atoms with Crippen molar-refractivity contribution < 1.29 is 5.48 Å². The zero-order chi connectivity index (χ0) is 11.7. The van der Waals surface area contributed by atoms with Crippen LogP contribution in [-0.4, -0.2) is 53.1 Å². The topological polar surface area (TPSA) is 66.7 Å². The highest BCUT2D eigenvalue weighted by Crippen LogP contribution is 2.18.